The lowest BCUT2D eigenvalue weighted by molar-refractivity contribution is 0.171. The van der Waals surface area contributed by atoms with Crippen LogP contribution in [-0.2, 0) is 13.0 Å². The largest absolute Gasteiger partial charge is 0.392 e. The number of aliphatic hydroxyl groups is 1. The second-order valence-corrected chi connectivity index (χ2v) is 7.19. The third kappa shape index (κ3) is 6.45. The molecule has 2 rings (SSSR count). The van der Waals surface area contributed by atoms with Gasteiger partial charge in [-0.2, -0.15) is 0 Å². The van der Waals surface area contributed by atoms with Crippen LogP contribution in [0.15, 0.2) is 5.38 Å². The minimum Gasteiger partial charge on any atom is -0.392 e. The van der Waals surface area contributed by atoms with E-state index in [1.54, 1.807) is 18.3 Å². The molecule has 0 bridgehead atoms. The first-order valence-corrected chi connectivity index (χ1v) is 9.30. The van der Waals surface area contributed by atoms with Gasteiger partial charge in [0, 0.05) is 25.0 Å². The molecule has 1 atom stereocenters. The third-order valence-corrected chi connectivity index (χ3v) is 5.15. The number of aryl methyl sites for hydroxylation is 1. The van der Waals surface area contributed by atoms with E-state index in [0.717, 1.165) is 38.9 Å². The topological polar surface area (TPSA) is 77.5 Å². The summed E-state index contributed by atoms with van der Waals surface area (Å²) in [6.07, 6.45) is 2.70. The van der Waals surface area contributed by atoms with Crippen LogP contribution >= 0.6 is 11.3 Å². The highest BCUT2D eigenvalue weighted by Gasteiger charge is 2.20. The van der Waals surface area contributed by atoms with E-state index in [2.05, 4.69) is 32.8 Å². The van der Waals surface area contributed by atoms with Gasteiger partial charge >= 0.3 is 6.03 Å². The zero-order valence-corrected chi connectivity index (χ0v) is 14.9. The zero-order valence-electron chi connectivity index (χ0n) is 14.0. The molecule has 1 fully saturated rings. The number of carbonyl (C=O) groups is 1. The van der Waals surface area contributed by atoms with Crippen LogP contribution in [0, 0.1) is 5.92 Å². The fourth-order valence-corrected chi connectivity index (χ4v) is 3.44. The number of amides is 2. The lowest BCUT2D eigenvalue weighted by Gasteiger charge is -2.31. The molecule has 1 saturated heterocycles. The van der Waals surface area contributed by atoms with Crippen molar-refractivity contribution in [2.24, 2.45) is 5.92 Å². The molecule has 0 spiro atoms. The summed E-state index contributed by atoms with van der Waals surface area (Å²) < 4.78 is 0. The van der Waals surface area contributed by atoms with E-state index in [-0.39, 0.29) is 12.6 Å². The van der Waals surface area contributed by atoms with E-state index in [1.807, 2.05) is 0 Å². The predicted molar refractivity (Wildman–Crippen MR) is 92.6 cm³/mol. The first kappa shape index (κ1) is 18.2. The molecule has 0 aromatic carbocycles. The number of aliphatic hydroxyl groups excluding tert-OH is 1. The monoisotopic (exact) mass is 340 g/mol. The summed E-state index contributed by atoms with van der Waals surface area (Å²) in [6, 6.07) is -0.192. The van der Waals surface area contributed by atoms with Gasteiger partial charge in [0.1, 0.15) is 0 Å². The number of aromatic nitrogens is 1. The number of thiazole rings is 1. The average Bonchev–Trinajstić information content (AvgIpc) is 3.00. The number of carbonyl (C=O) groups excluding carboxylic acids is 1. The minimum absolute atomic E-state index is 0.192. The molecule has 6 nitrogen and oxygen atoms in total. The normalized spacial score (nSPS) is 17.9. The molecule has 0 radical (unpaired) electrons. The summed E-state index contributed by atoms with van der Waals surface area (Å²) in [4.78, 5) is 18.6. The van der Waals surface area contributed by atoms with Crippen molar-refractivity contribution in [3.63, 3.8) is 0 Å². The van der Waals surface area contributed by atoms with E-state index >= 15 is 0 Å². The Bertz CT molecular complexity index is 484. The molecule has 0 saturated carbocycles. The maximum absolute atomic E-state index is 11.6. The highest BCUT2D eigenvalue weighted by atomic mass is 32.1. The number of piperidine rings is 1. The average molecular weight is 340 g/mol. The Morgan fingerprint density at radius 1 is 1.48 bits per heavy atom. The number of hydrogen-bond acceptors (Lipinski definition) is 5. The van der Waals surface area contributed by atoms with Gasteiger partial charge in [-0.25, -0.2) is 9.78 Å². The van der Waals surface area contributed by atoms with E-state index in [9.17, 15) is 4.79 Å². The Balaban J connectivity index is 1.62. The zero-order chi connectivity index (χ0) is 16.7. The number of likely N-dealkylation sites (tertiary alicyclic amines) is 1. The number of urea groups is 1. The second kappa shape index (κ2) is 9.20. The van der Waals surface area contributed by atoms with Crippen molar-refractivity contribution in [3.05, 3.63) is 16.1 Å². The van der Waals surface area contributed by atoms with Crippen molar-refractivity contribution >= 4 is 17.4 Å². The van der Waals surface area contributed by atoms with Gasteiger partial charge in [0.2, 0.25) is 0 Å². The van der Waals surface area contributed by atoms with Crippen molar-refractivity contribution in [1.82, 2.24) is 20.5 Å². The smallest absolute Gasteiger partial charge is 0.314 e. The lowest BCUT2D eigenvalue weighted by atomic mass is 9.97. The summed E-state index contributed by atoms with van der Waals surface area (Å²) in [6.45, 7) is 7.83. The van der Waals surface area contributed by atoms with Gasteiger partial charge in [-0.05, 0) is 45.2 Å². The summed E-state index contributed by atoms with van der Waals surface area (Å²) in [5.41, 5.74) is 1.18. The molecule has 1 aliphatic heterocycles. The predicted octanol–water partition coefficient (Wildman–Crippen LogP) is 1.60. The number of rotatable bonds is 7. The Morgan fingerprint density at radius 2 is 2.22 bits per heavy atom. The van der Waals surface area contributed by atoms with Gasteiger partial charge in [-0.15, -0.1) is 11.3 Å². The van der Waals surface area contributed by atoms with Crippen molar-refractivity contribution in [1.29, 1.82) is 0 Å². The fraction of sp³-hybridized carbons (Fsp3) is 0.750. The second-order valence-electron chi connectivity index (χ2n) is 6.25. The Morgan fingerprint density at radius 3 is 2.83 bits per heavy atom. The first-order chi connectivity index (χ1) is 11.1. The van der Waals surface area contributed by atoms with E-state index in [4.69, 9.17) is 5.11 Å². The van der Waals surface area contributed by atoms with Gasteiger partial charge in [0.15, 0.2) is 0 Å². The van der Waals surface area contributed by atoms with Crippen LogP contribution in [0.25, 0.3) is 0 Å². The van der Waals surface area contributed by atoms with E-state index < -0.39 is 6.10 Å². The maximum atomic E-state index is 11.6. The SMILES string of the molecule is CCc1nc(CN2CCC(CNC(=O)NC[C@@H](C)O)CC2)cs1. The van der Waals surface area contributed by atoms with Crippen LogP contribution in [0.5, 0.6) is 0 Å². The van der Waals surface area contributed by atoms with Crippen LogP contribution < -0.4 is 10.6 Å². The molecule has 7 heteroatoms. The Hall–Kier alpha value is -1.18. The van der Waals surface area contributed by atoms with Gasteiger partial charge in [0.25, 0.3) is 0 Å². The van der Waals surface area contributed by atoms with Crippen LogP contribution in [0.2, 0.25) is 0 Å². The molecule has 1 aliphatic rings. The van der Waals surface area contributed by atoms with Crippen molar-refractivity contribution < 1.29 is 9.90 Å². The Labute approximate surface area is 142 Å². The molecule has 3 N–H and O–H groups in total. The van der Waals surface area contributed by atoms with Crippen LogP contribution in [0.3, 0.4) is 0 Å². The van der Waals surface area contributed by atoms with Gasteiger partial charge in [-0.1, -0.05) is 6.92 Å². The summed E-state index contributed by atoms with van der Waals surface area (Å²) in [5.74, 6) is 0.533. The molecule has 0 unspecified atom stereocenters. The number of nitrogens with one attached hydrogen (secondary N) is 2. The van der Waals surface area contributed by atoms with Crippen LogP contribution in [-0.4, -0.2) is 53.3 Å². The summed E-state index contributed by atoms with van der Waals surface area (Å²) >= 11 is 1.75. The highest BCUT2D eigenvalue weighted by molar-refractivity contribution is 7.09. The summed E-state index contributed by atoms with van der Waals surface area (Å²) in [5, 5.41) is 18.1. The quantitative estimate of drug-likeness (QED) is 0.704. The molecule has 2 heterocycles. The fourth-order valence-electron chi connectivity index (χ4n) is 2.70. The number of nitrogens with zero attached hydrogens (tertiary/aromatic N) is 2. The first-order valence-electron chi connectivity index (χ1n) is 8.42. The van der Waals surface area contributed by atoms with Crippen molar-refractivity contribution in [2.75, 3.05) is 26.2 Å². The van der Waals surface area contributed by atoms with E-state index in [1.165, 1.54) is 10.7 Å². The molecule has 130 valence electrons. The molecule has 1 aromatic rings. The van der Waals surface area contributed by atoms with Crippen LogP contribution in [0.1, 0.15) is 37.4 Å². The maximum Gasteiger partial charge on any atom is 0.314 e. The lowest BCUT2D eigenvalue weighted by Crippen LogP contribution is -2.43. The van der Waals surface area contributed by atoms with Gasteiger partial charge < -0.3 is 15.7 Å². The summed E-state index contributed by atoms with van der Waals surface area (Å²) in [7, 11) is 0. The standard InChI is InChI=1S/C16H28N4O2S/c1-3-15-19-14(11-23-15)10-20-6-4-13(5-7-20)9-18-16(22)17-8-12(2)21/h11-13,21H,3-10H2,1-2H3,(H2,17,18,22)/t12-/m1/s1. The van der Waals surface area contributed by atoms with Crippen LogP contribution in [0.4, 0.5) is 4.79 Å². The molecule has 2 amide bonds. The number of hydrogen-bond donors (Lipinski definition) is 3. The van der Waals surface area contributed by atoms with Gasteiger partial charge in [-0.3, -0.25) is 4.90 Å². The minimum atomic E-state index is -0.511. The van der Waals surface area contributed by atoms with E-state index in [0.29, 0.717) is 12.5 Å². The molecular formula is C16H28N4O2S. The van der Waals surface area contributed by atoms with Crippen molar-refractivity contribution in [3.8, 4) is 0 Å². The van der Waals surface area contributed by atoms with Crippen molar-refractivity contribution in [2.45, 2.75) is 45.8 Å². The molecular weight excluding hydrogens is 312 g/mol. The highest BCUT2D eigenvalue weighted by Crippen LogP contribution is 2.19. The molecule has 1 aromatic heterocycles. The third-order valence-electron chi connectivity index (χ3n) is 4.10. The van der Waals surface area contributed by atoms with Gasteiger partial charge in [0.05, 0.1) is 16.8 Å². The molecule has 0 aliphatic carbocycles. The molecule has 23 heavy (non-hydrogen) atoms. The Kier molecular flexibility index (Phi) is 7.26.